The minimum Gasteiger partial charge on any atom is -0.306 e. The summed E-state index contributed by atoms with van der Waals surface area (Å²) in [6, 6.07) is 10.4. The Balaban J connectivity index is 2.49. The molecular weight excluding hydrogens is 308 g/mol. The minimum atomic E-state index is -0.210. The monoisotopic (exact) mass is 325 g/mol. The molecule has 1 nitrogen and oxygen atoms in total. The second kappa shape index (κ2) is 7.26. The summed E-state index contributed by atoms with van der Waals surface area (Å²) in [6.45, 7) is 4.67. The van der Waals surface area contributed by atoms with E-state index in [0.29, 0.717) is 15.6 Å². The first-order valence-electron chi connectivity index (χ1n) is 6.98. The van der Waals surface area contributed by atoms with Gasteiger partial charge in [0.05, 0.1) is 6.04 Å². The van der Waals surface area contributed by atoms with Crippen molar-refractivity contribution in [3.63, 3.8) is 0 Å². The highest BCUT2D eigenvalue weighted by Crippen LogP contribution is 2.34. The van der Waals surface area contributed by atoms with E-state index in [1.165, 1.54) is 6.07 Å². The lowest BCUT2D eigenvalue weighted by Gasteiger charge is -2.22. The number of nitrogens with one attached hydrogen (secondary N) is 1. The molecule has 0 radical (unpaired) electrons. The van der Waals surface area contributed by atoms with Crippen molar-refractivity contribution in [2.75, 3.05) is 6.54 Å². The lowest BCUT2D eigenvalue weighted by Crippen LogP contribution is -2.24. The summed E-state index contributed by atoms with van der Waals surface area (Å²) in [5.41, 5.74) is 2.40. The number of halogens is 3. The summed E-state index contributed by atoms with van der Waals surface area (Å²) in [5, 5.41) is 4.66. The van der Waals surface area contributed by atoms with Crippen LogP contribution in [0.4, 0.5) is 4.39 Å². The van der Waals surface area contributed by atoms with Gasteiger partial charge in [-0.3, -0.25) is 0 Å². The van der Waals surface area contributed by atoms with Crippen LogP contribution in [0.2, 0.25) is 10.0 Å². The maximum atomic E-state index is 13.5. The van der Waals surface area contributed by atoms with Gasteiger partial charge in [0.25, 0.3) is 0 Å². The van der Waals surface area contributed by atoms with E-state index >= 15 is 0 Å². The molecule has 0 aliphatic rings. The number of rotatable bonds is 5. The summed E-state index contributed by atoms with van der Waals surface area (Å²) < 4.78 is 13.5. The zero-order chi connectivity index (χ0) is 15.4. The van der Waals surface area contributed by atoms with Crippen molar-refractivity contribution in [2.45, 2.75) is 26.3 Å². The smallest absolute Gasteiger partial charge is 0.126 e. The summed E-state index contributed by atoms with van der Waals surface area (Å²) in [7, 11) is 0. The Morgan fingerprint density at radius 1 is 1.14 bits per heavy atom. The standard InChI is InChI=1S/C17H18Cl2FN/c1-3-9-21-17(12-7-8-15(20)11(2)10-12)16-13(18)5-4-6-14(16)19/h4-8,10,17,21H,3,9H2,1-2H3. The Labute approximate surface area is 135 Å². The molecule has 0 heterocycles. The summed E-state index contributed by atoms with van der Waals surface area (Å²) in [6.07, 6.45) is 0.985. The van der Waals surface area contributed by atoms with Crippen molar-refractivity contribution in [2.24, 2.45) is 0 Å². The van der Waals surface area contributed by atoms with Gasteiger partial charge >= 0.3 is 0 Å². The molecule has 0 aliphatic heterocycles. The van der Waals surface area contributed by atoms with Crippen LogP contribution >= 0.6 is 23.2 Å². The van der Waals surface area contributed by atoms with Crippen LogP contribution in [0.15, 0.2) is 36.4 Å². The molecule has 1 unspecified atom stereocenters. The fourth-order valence-corrected chi connectivity index (χ4v) is 2.92. The average molecular weight is 326 g/mol. The highest BCUT2D eigenvalue weighted by atomic mass is 35.5. The largest absolute Gasteiger partial charge is 0.306 e. The van der Waals surface area contributed by atoms with Gasteiger partial charge in [0.15, 0.2) is 0 Å². The number of aryl methyl sites for hydroxylation is 1. The van der Waals surface area contributed by atoms with Crippen molar-refractivity contribution < 1.29 is 4.39 Å². The first kappa shape index (κ1) is 16.3. The Kier molecular flexibility index (Phi) is 5.63. The summed E-state index contributed by atoms with van der Waals surface area (Å²) in [4.78, 5) is 0. The molecule has 2 aromatic rings. The quantitative estimate of drug-likeness (QED) is 0.762. The Hall–Kier alpha value is -1.09. The molecule has 0 aliphatic carbocycles. The molecule has 2 aromatic carbocycles. The highest BCUT2D eigenvalue weighted by Gasteiger charge is 2.20. The van der Waals surface area contributed by atoms with Gasteiger partial charge in [0, 0.05) is 15.6 Å². The summed E-state index contributed by atoms with van der Waals surface area (Å²) >= 11 is 12.7. The van der Waals surface area contributed by atoms with Gasteiger partial charge in [-0.2, -0.15) is 0 Å². The van der Waals surface area contributed by atoms with Crippen LogP contribution < -0.4 is 5.32 Å². The van der Waals surface area contributed by atoms with Gasteiger partial charge in [-0.25, -0.2) is 4.39 Å². The van der Waals surface area contributed by atoms with Crippen molar-refractivity contribution in [3.05, 3.63) is 69.0 Å². The third-order valence-electron chi connectivity index (χ3n) is 3.40. The third-order valence-corrected chi connectivity index (χ3v) is 4.06. The van der Waals surface area contributed by atoms with Gasteiger partial charge < -0.3 is 5.32 Å². The lowest BCUT2D eigenvalue weighted by atomic mass is 9.96. The van der Waals surface area contributed by atoms with E-state index in [1.54, 1.807) is 13.0 Å². The molecule has 2 rings (SSSR count). The topological polar surface area (TPSA) is 12.0 Å². The van der Waals surface area contributed by atoms with Gasteiger partial charge in [-0.1, -0.05) is 48.3 Å². The fourth-order valence-electron chi connectivity index (χ4n) is 2.31. The van der Waals surface area contributed by atoms with Crippen LogP contribution in [0.1, 0.15) is 36.1 Å². The molecule has 1 atom stereocenters. The normalized spacial score (nSPS) is 12.4. The van der Waals surface area contributed by atoms with Crippen LogP contribution in [0.5, 0.6) is 0 Å². The van der Waals surface area contributed by atoms with Crippen LogP contribution in [-0.4, -0.2) is 6.54 Å². The average Bonchev–Trinajstić information content (AvgIpc) is 2.45. The van der Waals surface area contributed by atoms with E-state index in [9.17, 15) is 4.39 Å². The number of hydrogen-bond donors (Lipinski definition) is 1. The first-order chi connectivity index (χ1) is 10.0. The zero-order valence-electron chi connectivity index (χ0n) is 12.1. The van der Waals surface area contributed by atoms with Gasteiger partial charge in [0.1, 0.15) is 5.82 Å². The second-order valence-electron chi connectivity index (χ2n) is 5.03. The SMILES string of the molecule is CCCNC(c1ccc(F)c(C)c1)c1c(Cl)cccc1Cl. The van der Waals surface area contributed by atoms with Crippen LogP contribution in [0, 0.1) is 12.7 Å². The zero-order valence-corrected chi connectivity index (χ0v) is 13.6. The van der Waals surface area contributed by atoms with E-state index in [0.717, 1.165) is 24.1 Å². The molecule has 0 fully saturated rings. The highest BCUT2D eigenvalue weighted by molar-refractivity contribution is 6.36. The summed E-state index contributed by atoms with van der Waals surface area (Å²) in [5.74, 6) is -0.210. The van der Waals surface area contributed by atoms with Crippen molar-refractivity contribution in [1.29, 1.82) is 0 Å². The number of benzene rings is 2. The van der Waals surface area contributed by atoms with Gasteiger partial charge in [-0.15, -0.1) is 0 Å². The van der Waals surface area contributed by atoms with E-state index in [2.05, 4.69) is 12.2 Å². The Bertz CT molecular complexity index is 608. The molecule has 21 heavy (non-hydrogen) atoms. The Morgan fingerprint density at radius 3 is 2.38 bits per heavy atom. The molecule has 0 bridgehead atoms. The predicted molar refractivity (Wildman–Crippen MR) is 87.7 cm³/mol. The first-order valence-corrected chi connectivity index (χ1v) is 7.73. The minimum absolute atomic E-state index is 0.148. The van der Waals surface area contributed by atoms with Gasteiger partial charge in [-0.05, 0) is 49.2 Å². The lowest BCUT2D eigenvalue weighted by molar-refractivity contribution is 0.590. The molecular formula is C17H18Cl2FN. The van der Waals surface area contributed by atoms with Crippen LogP contribution in [-0.2, 0) is 0 Å². The molecule has 0 amide bonds. The molecule has 1 N–H and O–H groups in total. The molecule has 4 heteroatoms. The predicted octanol–water partition coefficient (Wildman–Crippen LogP) is 5.53. The molecule has 0 saturated carbocycles. The third kappa shape index (κ3) is 3.76. The van der Waals surface area contributed by atoms with Crippen molar-refractivity contribution >= 4 is 23.2 Å². The van der Waals surface area contributed by atoms with E-state index < -0.39 is 0 Å². The molecule has 112 valence electrons. The van der Waals surface area contributed by atoms with Crippen molar-refractivity contribution in [1.82, 2.24) is 5.32 Å². The number of hydrogen-bond acceptors (Lipinski definition) is 1. The van der Waals surface area contributed by atoms with Gasteiger partial charge in [0.2, 0.25) is 0 Å². The molecule has 0 saturated heterocycles. The van der Waals surface area contributed by atoms with Crippen molar-refractivity contribution in [3.8, 4) is 0 Å². The van der Waals surface area contributed by atoms with E-state index in [-0.39, 0.29) is 11.9 Å². The van der Waals surface area contributed by atoms with Crippen LogP contribution in [0.3, 0.4) is 0 Å². The molecule has 0 spiro atoms. The van der Waals surface area contributed by atoms with E-state index in [4.69, 9.17) is 23.2 Å². The maximum absolute atomic E-state index is 13.5. The Morgan fingerprint density at radius 2 is 1.81 bits per heavy atom. The maximum Gasteiger partial charge on any atom is 0.126 e. The molecule has 0 aromatic heterocycles. The fraction of sp³-hybridized carbons (Fsp3) is 0.294. The van der Waals surface area contributed by atoms with E-state index in [1.807, 2.05) is 24.3 Å². The second-order valence-corrected chi connectivity index (χ2v) is 5.85. The van der Waals surface area contributed by atoms with Crippen LogP contribution in [0.25, 0.3) is 0 Å².